The van der Waals surface area contributed by atoms with Gasteiger partial charge in [0.1, 0.15) is 0 Å². The molecule has 0 radical (unpaired) electrons. The summed E-state index contributed by atoms with van der Waals surface area (Å²) in [7, 11) is 0. The molecule has 0 aliphatic rings. The van der Waals surface area contributed by atoms with Crippen LogP contribution in [0.1, 0.15) is 0 Å². The van der Waals surface area contributed by atoms with E-state index in [2.05, 4.69) is 125 Å². The third kappa shape index (κ3) is 3.97. The van der Waals surface area contributed by atoms with E-state index in [1.54, 1.807) is 0 Å². The molecule has 0 aliphatic carbocycles. The van der Waals surface area contributed by atoms with Crippen LogP contribution < -0.4 is 19.5 Å². The van der Waals surface area contributed by atoms with Gasteiger partial charge in [-0.3, -0.25) is 0 Å². The molecular formula is C25H21PTe. The Kier molecular flexibility index (Phi) is 5.96. The minimum absolute atomic E-state index is 0.428. The third-order valence-corrected chi connectivity index (χ3v) is 13.5. The van der Waals surface area contributed by atoms with Gasteiger partial charge in [-0.25, -0.2) is 0 Å². The van der Waals surface area contributed by atoms with Gasteiger partial charge in [-0.2, -0.15) is 0 Å². The Hall–Kier alpha value is -2.03. The van der Waals surface area contributed by atoms with Crippen LogP contribution in [0.2, 0.25) is 0 Å². The Bertz CT molecular complexity index is 923. The summed E-state index contributed by atoms with van der Waals surface area (Å²) in [5.74, 6) is 0. The zero-order valence-corrected chi connectivity index (χ0v) is 18.2. The van der Waals surface area contributed by atoms with Crippen molar-refractivity contribution >= 4 is 51.2 Å². The Morgan fingerprint density at radius 3 is 1.15 bits per heavy atom. The van der Waals surface area contributed by atoms with E-state index in [1.165, 1.54) is 19.5 Å². The molecule has 27 heavy (non-hydrogen) atoms. The summed E-state index contributed by atoms with van der Waals surface area (Å²) in [4.78, 5) is 0. The molecule has 0 heterocycles. The Morgan fingerprint density at radius 1 is 0.444 bits per heavy atom. The molecule has 0 bridgehead atoms. The second-order valence-electron chi connectivity index (χ2n) is 6.27. The van der Waals surface area contributed by atoms with Crippen LogP contribution in [0.5, 0.6) is 0 Å². The molecule has 0 aromatic heterocycles. The molecule has 0 amide bonds. The van der Waals surface area contributed by atoms with Gasteiger partial charge in [0, 0.05) is 0 Å². The number of rotatable bonds is 5. The van der Waals surface area contributed by atoms with Crippen molar-refractivity contribution < 1.29 is 0 Å². The molecule has 0 saturated heterocycles. The van der Waals surface area contributed by atoms with Gasteiger partial charge < -0.3 is 0 Å². The van der Waals surface area contributed by atoms with Gasteiger partial charge >= 0.3 is 173 Å². The maximum absolute atomic E-state index is 2.70. The van der Waals surface area contributed by atoms with E-state index in [0.717, 1.165) is 0 Å². The van der Waals surface area contributed by atoms with E-state index in [-0.39, 0.29) is 0 Å². The molecule has 0 unspecified atom stereocenters. The minimum atomic E-state index is -1.79. The van der Waals surface area contributed by atoms with Gasteiger partial charge in [-0.15, -0.1) is 0 Å². The van der Waals surface area contributed by atoms with Crippen LogP contribution in [0.15, 0.2) is 121 Å². The van der Waals surface area contributed by atoms with Crippen LogP contribution >= 0.6 is 6.89 Å². The number of hydrogen-bond acceptors (Lipinski definition) is 0. The molecule has 132 valence electrons. The number of hydrogen-bond donors (Lipinski definition) is 0. The van der Waals surface area contributed by atoms with Gasteiger partial charge in [-0.05, 0) is 0 Å². The van der Waals surface area contributed by atoms with Crippen LogP contribution in [-0.4, -0.2) is 24.8 Å². The molecule has 0 fully saturated rings. The van der Waals surface area contributed by atoms with Gasteiger partial charge in [0.15, 0.2) is 0 Å². The topological polar surface area (TPSA) is 0 Å². The fraction of sp³-hybridized carbons (Fsp3) is 0. The van der Waals surface area contributed by atoms with Gasteiger partial charge in [0.2, 0.25) is 0 Å². The second kappa shape index (κ2) is 8.77. The summed E-state index contributed by atoms with van der Waals surface area (Å²) in [6, 6.07) is 44.2. The monoisotopic (exact) mass is 482 g/mol. The molecule has 0 atom stereocenters. The van der Waals surface area contributed by atoms with E-state index in [1.807, 2.05) is 0 Å². The first-order valence-electron chi connectivity index (χ1n) is 9.01. The molecule has 4 aromatic rings. The van der Waals surface area contributed by atoms with Crippen molar-refractivity contribution in [1.29, 1.82) is 0 Å². The van der Waals surface area contributed by atoms with E-state index < -0.39 is 27.8 Å². The molecule has 0 nitrogen and oxygen atoms in total. The summed E-state index contributed by atoms with van der Waals surface area (Å²) >= 11 is -0.428. The fourth-order valence-electron chi connectivity index (χ4n) is 3.26. The quantitative estimate of drug-likeness (QED) is 0.302. The molecule has 0 saturated carbocycles. The van der Waals surface area contributed by atoms with E-state index in [4.69, 9.17) is 0 Å². The van der Waals surface area contributed by atoms with Gasteiger partial charge in [0.25, 0.3) is 0 Å². The van der Waals surface area contributed by atoms with E-state index >= 15 is 0 Å². The molecular weight excluding hydrogens is 459 g/mol. The van der Waals surface area contributed by atoms with Crippen LogP contribution in [-0.2, 0) is 0 Å². The zero-order valence-electron chi connectivity index (χ0n) is 15.0. The first-order valence-corrected chi connectivity index (χ1v) is 13.4. The van der Waals surface area contributed by atoms with Crippen LogP contribution in [0.3, 0.4) is 0 Å². The van der Waals surface area contributed by atoms with Crippen LogP contribution in [0.4, 0.5) is 0 Å². The summed E-state index contributed by atoms with van der Waals surface area (Å²) in [5.41, 5.74) is 0. The van der Waals surface area contributed by atoms with Crippen molar-refractivity contribution in [3.05, 3.63) is 121 Å². The van der Waals surface area contributed by atoms with E-state index in [9.17, 15) is 0 Å². The SMILES string of the molecule is C([Te]c1ccccc1)=P(c1ccccc1)(c1ccccc1)c1ccccc1. The normalized spacial score (nSPS) is 11.1. The molecule has 0 spiro atoms. The average Bonchev–Trinajstić information content (AvgIpc) is 2.77. The summed E-state index contributed by atoms with van der Waals surface area (Å²) in [6.45, 7) is -1.79. The predicted molar refractivity (Wildman–Crippen MR) is 123 cm³/mol. The van der Waals surface area contributed by atoms with Crippen molar-refractivity contribution in [3.63, 3.8) is 0 Å². The molecule has 2 heteroatoms. The van der Waals surface area contributed by atoms with Crippen LogP contribution in [0.25, 0.3) is 0 Å². The molecule has 4 aromatic carbocycles. The first-order chi connectivity index (χ1) is 13.4. The second-order valence-corrected chi connectivity index (χ2v) is 13.3. The average molecular weight is 480 g/mol. The first kappa shape index (κ1) is 18.3. The summed E-state index contributed by atoms with van der Waals surface area (Å²) < 4.78 is 4.18. The van der Waals surface area contributed by atoms with Crippen molar-refractivity contribution in [2.75, 3.05) is 0 Å². The molecule has 0 aliphatic heterocycles. The van der Waals surface area contributed by atoms with Crippen molar-refractivity contribution in [2.24, 2.45) is 0 Å². The van der Waals surface area contributed by atoms with Gasteiger partial charge in [-0.1, -0.05) is 0 Å². The molecule has 4 rings (SSSR count). The van der Waals surface area contributed by atoms with Crippen LogP contribution in [0, 0.1) is 0 Å². The Balaban J connectivity index is 2.00. The van der Waals surface area contributed by atoms with Gasteiger partial charge in [0.05, 0.1) is 0 Å². The summed E-state index contributed by atoms with van der Waals surface area (Å²) in [6.07, 6.45) is 0. The van der Waals surface area contributed by atoms with Crippen molar-refractivity contribution in [1.82, 2.24) is 0 Å². The fourth-order valence-corrected chi connectivity index (χ4v) is 13.1. The maximum atomic E-state index is 2.70. The summed E-state index contributed by atoms with van der Waals surface area (Å²) in [5, 5.41) is 4.30. The molecule has 0 N–H and O–H groups in total. The standard InChI is InChI=1S/C25H21PTe/c1-5-13-22(14-6-1)26(23-15-7-2-8-16-23,24-17-9-3-10-18-24)21-27-25-19-11-4-12-20-25/h1-21H. The van der Waals surface area contributed by atoms with E-state index in [0.29, 0.717) is 0 Å². The Labute approximate surface area is 172 Å². The zero-order chi connectivity index (χ0) is 18.4. The Morgan fingerprint density at radius 2 is 0.778 bits per heavy atom. The van der Waals surface area contributed by atoms with Crippen molar-refractivity contribution in [2.45, 2.75) is 0 Å². The van der Waals surface area contributed by atoms with Crippen molar-refractivity contribution in [3.8, 4) is 0 Å². The number of benzene rings is 4. The third-order valence-electron chi connectivity index (χ3n) is 4.58. The predicted octanol–water partition coefficient (Wildman–Crippen LogP) is 3.77.